The highest BCUT2D eigenvalue weighted by atomic mass is 16.3. The van der Waals surface area contributed by atoms with Crippen LogP contribution in [0.4, 0.5) is 0 Å². The summed E-state index contributed by atoms with van der Waals surface area (Å²) in [4.78, 5) is 2.48. The molecule has 1 saturated heterocycles. The van der Waals surface area contributed by atoms with Gasteiger partial charge in [-0.05, 0) is 105 Å². The van der Waals surface area contributed by atoms with Crippen LogP contribution in [0.3, 0.4) is 0 Å². The van der Waals surface area contributed by atoms with Crippen molar-refractivity contribution >= 4 is 0 Å². The zero-order valence-corrected chi connectivity index (χ0v) is 16.1. The van der Waals surface area contributed by atoms with Gasteiger partial charge in [0.2, 0.25) is 0 Å². The molecule has 5 rings (SSSR count). The van der Waals surface area contributed by atoms with E-state index in [4.69, 9.17) is 0 Å². The van der Waals surface area contributed by atoms with Crippen molar-refractivity contribution < 1.29 is 10.2 Å². The Morgan fingerprint density at radius 3 is 2.73 bits per heavy atom. The number of aliphatic hydroxyl groups is 1. The van der Waals surface area contributed by atoms with Crippen molar-refractivity contribution in [3.05, 3.63) is 28.8 Å². The van der Waals surface area contributed by atoms with Gasteiger partial charge < -0.3 is 10.2 Å². The Bertz CT molecular complexity index is 696. The van der Waals surface area contributed by atoms with Crippen molar-refractivity contribution in [3.8, 4) is 5.75 Å². The van der Waals surface area contributed by atoms with E-state index in [1.54, 1.807) is 0 Å². The molecule has 2 N–H and O–H groups in total. The summed E-state index contributed by atoms with van der Waals surface area (Å²) in [5.41, 5.74) is 4.19. The third-order valence-electron chi connectivity index (χ3n) is 8.47. The maximum absolute atomic E-state index is 10.6. The Morgan fingerprint density at radius 2 is 1.92 bits per heavy atom. The SMILES string of the molecule is C[C@@]12CC[C@H]3c4cc(CN5CCCC5)c(O)cc4CC[C@@H]3[C@@H]1CC[C@@H]2O. The van der Waals surface area contributed by atoms with E-state index in [0.717, 1.165) is 37.3 Å². The highest BCUT2D eigenvalue weighted by Crippen LogP contribution is 2.61. The van der Waals surface area contributed by atoms with E-state index in [-0.39, 0.29) is 11.5 Å². The van der Waals surface area contributed by atoms with Crippen LogP contribution in [0.5, 0.6) is 5.75 Å². The number of hydrogen-bond acceptors (Lipinski definition) is 3. The normalized spacial score (nSPS) is 39.5. The molecule has 5 atom stereocenters. The fourth-order valence-electron chi connectivity index (χ4n) is 6.94. The van der Waals surface area contributed by atoms with Crippen molar-refractivity contribution in [2.45, 2.75) is 76.9 Å². The van der Waals surface area contributed by atoms with Crippen LogP contribution in [0, 0.1) is 17.3 Å². The Labute approximate surface area is 157 Å². The molecule has 2 saturated carbocycles. The second kappa shape index (κ2) is 6.24. The fourth-order valence-corrected chi connectivity index (χ4v) is 6.94. The molecular formula is C23H33NO2. The van der Waals surface area contributed by atoms with Crippen LogP contribution >= 0.6 is 0 Å². The van der Waals surface area contributed by atoms with Gasteiger partial charge in [-0.25, -0.2) is 0 Å². The largest absolute Gasteiger partial charge is 0.508 e. The molecule has 3 fully saturated rings. The zero-order valence-electron chi connectivity index (χ0n) is 16.1. The summed E-state index contributed by atoms with van der Waals surface area (Å²) >= 11 is 0. The molecule has 4 aliphatic rings. The van der Waals surface area contributed by atoms with Crippen LogP contribution in [0.1, 0.15) is 74.5 Å². The monoisotopic (exact) mass is 355 g/mol. The summed E-state index contributed by atoms with van der Waals surface area (Å²) < 4.78 is 0. The smallest absolute Gasteiger partial charge is 0.120 e. The van der Waals surface area contributed by atoms with Crippen LogP contribution in [0.15, 0.2) is 12.1 Å². The van der Waals surface area contributed by atoms with Crippen molar-refractivity contribution in [1.82, 2.24) is 4.90 Å². The molecular weight excluding hydrogens is 322 g/mol. The molecule has 3 heteroatoms. The van der Waals surface area contributed by atoms with Crippen molar-refractivity contribution in [1.29, 1.82) is 0 Å². The van der Waals surface area contributed by atoms with Crippen molar-refractivity contribution in [3.63, 3.8) is 0 Å². The average molecular weight is 356 g/mol. The van der Waals surface area contributed by atoms with Crippen molar-refractivity contribution in [2.24, 2.45) is 17.3 Å². The summed E-state index contributed by atoms with van der Waals surface area (Å²) in [5, 5.41) is 21.2. The van der Waals surface area contributed by atoms with Crippen LogP contribution in [0.2, 0.25) is 0 Å². The molecule has 0 spiro atoms. The third kappa shape index (κ3) is 2.54. The molecule has 0 unspecified atom stereocenters. The van der Waals surface area contributed by atoms with E-state index in [1.165, 1.54) is 56.3 Å². The molecule has 0 radical (unpaired) electrons. The Morgan fingerprint density at radius 1 is 1.12 bits per heavy atom. The number of phenols is 1. The van der Waals surface area contributed by atoms with Gasteiger partial charge in [0.1, 0.15) is 5.75 Å². The Balaban J connectivity index is 1.46. The first-order valence-electron chi connectivity index (χ1n) is 10.8. The lowest BCUT2D eigenvalue weighted by Crippen LogP contribution is -2.44. The Hall–Kier alpha value is -1.06. The average Bonchev–Trinajstić information content (AvgIpc) is 3.24. The second-order valence-corrected chi connectivity index (χ2v) is 9.72. The molecule has 26 heavy (non-hydrogen) atoms. The van der Waals surface area contributed by atoms with E-state index in [2.05, 4.69) is 24.0 Å². The summed E-state index contributed by atoms with van der Waals surface area (Å²) in [7, 11) is 0. The molecule has 0 aromatic heterocycles. The first-order chi connectivity index (χ1) is 12.6. The molecule has 3 nitrogen and oxygen atoms in total. The molecule has 0 amide bonds. The number of nitrogens with zero attached hydrogens (tertiary/aromatic N) is 1. The molecule has 3 aliphatic carbocycles. The lowest BCUT2D eigenvalue weighted by atomic mass is 9.55. The number of fused-ring (bicyclic) bond motifs is 5. The molecule has 142 valence electrons. The van der Waals surface area contributed by atoms with E-state index >= 15 is 0 Å². The minimum absolute atomic E-state index is 0.0969. The fraction of sp³-hybridized carbons (Fsp3) is 0.739. The van der Waals surface area contributed by atoms with Crippen LogP contribution in [0.25, 0.3) is 0 Å². The third-order valence-corrected chi connectivity index (χ3v) is 8.47. The van der Waals surface area contributed by atoms with Gasteiger partial charge in [0, 0.05) is 12.1 Å². The zero-order chi connectivity index (χ0) is 17.9. The molecule has 1 heterocycles. The van der Waals surface area contributed by atoms with E-state index in [1.807, 2.05) is 0 Å². The summed E-state index contributed by atoms with van der Waals surface area (Å²) in [5.74, 6) is 2.55. The van der Waals surface area contributed by atoms with Crippen LogP contribution < -0.4 is 0 Å². The minimum Gasteiger partial charge on any atom is -0.508 e. The van der Waals surface area contributed by atoms with Crippen LogP contribution in [-0.2, 0) is 13.0 Å². The number of benzene rings is 1. The summed E-state index contributed by atoms with van der Waals surface area (Å²) in [6.45, 7) is 5.58. The number of aromatic hydroxyl groups is 1. The molecule has 1 aromatic rings. The van der Waals surface area contributed by atoms with Gasteiger partial charge in [-0.15, -0.1) is 0 Å². The van der Waals surface area contributed by atoms with Gasteiger partial charge in [-0.2, -0.15) is 0 Å². The first-order valence-corrected chi connectivity index (χ1v) is 10.8. The van der Waals surface area contributed by atoms with Crippen LogP contribution in [-0.4, -0.2) is 34.3 Å². The Kier molecular flexibility index (Phi) is 4.09. The van der Waals surface area contributed by atoms with Gasteiger partial charge in [0.15, 0.2) is 0 Å². The van der Waals surface area contributed by atoms with E-state index in [9.17, 15) is 10.2 Å². The predicted molar refractivity (Wildman–Crippen MR) is 103 cm³/mol. The predicted octanol–water partition coefficient (Wildman–Crippen LogP) is 4.21. The van der Waals surface area contributed by atoms with E-state index in [0.29, 0.717) is 17.6 Å². The number of phenolic OH excluding ortho intramolecular Hbond substituents is 1. The first kappa shape index (κ1) is 17.1. The highest BCUT2D eigenvalue weighted by molar-refractivity contribution is 5.45. The number of aliphatic hydroxyl groups excluding tert-OH is 1. The number of aryl methyl sites for hydroxylation is 1. The number of hydrogen-bond donors (Lipinski definition) is 2. The van der Waals surface area contributed by atoms with E-state index < -0.39 is 0 Å². The molecule has 1 aromatic carbocycles. The summed E-state index contributed by atoms with van der Waals surface area (Å²) in [6, 6.07) is 4.43. The maximum Gasteiger partial charge on any atom is 0.120 e. The molecule has 1 aliphatic heterocycles. The maximum atomic E-state index is 10.6. The van der Waals surface area contributed by atoms with Gasteiger partial charge in [-0.1, -0.05) is 13.0 Å². The van der Waals surface area contributed by atoms with Gasteiger partial charge in [0.25, 0.3) is 0 Å². The highest BCUT2D eigenvalue weighted by Gasteiger charge is 2.54. The number of likely N-dealkylation sites (tertiary alicyclic amines) is 1. The van der Waals surface area contributed by atoms with Gasteiger partial charge in [-0.3, -0.25) is 4.90 Å². The second-order valence-electron chi connectivity index (χ2n) is 9.72. The van der Waals surface area contributed by atoms with Gasteiger partial charge >= 0.3 is 0 Å². The van der Waals surface area contributed by atoms with Gasteiger partial charge in [0.05, 0.1) is 6.10 Å². The minimum atomic E-state index is -0.0969. The topological polar surface area (TPSA) is 43.7 Å². The summed E-state index contributed by atoms with van der Waals surface area (Å²) in [6.07, 6.45) is 9.36. The molecule has 0 bridgehead atoms. The lowest BCUT2D eigenvalue weighted by Gasteiger charge is -2.50. The standard InChI is InChI=1S/C23H33NO2/c1-23-9-8-17-18(20(23)6-7-22(23)26)5-4-15-13-21(25)16(12-19(15)17)14-24-10-2-3-11-24/h12-13,17-18,20,22,25-26H,2-11,14H2,1H3/t17-,18+,20+,22+,23-/m1/s1. The van der Waals surface area contributed by atoms with Crippen molar-refractivity contribution in [2.75, 3.05) is 13.1 Å². The lowest BCUT2D eigenvalue weighted by molar-refractivity contribution is -0.0226. The number of rotatable bonds is 2. The quantitative estimate of drug-likeness (QED) is 0.835.